The molecule has 108 valence electrons. The maximum atomic E-state index is 12.1. The number of thioether (sulfide) groups is 2. The van der Waals surface area contributed by atoms with E-state index in [1.807, 2.05) is 55.0 Å². The summed E-state index contributed by atoms with van der Waals surface area (Å²) in [6, 6.07) is 16.8. The van der Waals surface area contributed by atoms with Gasteiger partial charge >= 0.3 is 0 Å². The number of benzene rings is 2. The van der Waals surface area contributed by atoms with Crippen LogP contribution in [0.1, 0.15) is 10.4 Å². The monoisotopic (exact) mass is 316 g/mol. The highest BCUT2D eigenvalue weighted by Crippen LogP contribution is 2.25. The average molecular weight is 316 g/mol. The van der Waals surface area contributed by atoms with Gasteiger partial charge in [0.2, 0.25) is 0 Å². The molecule has 0 unspecified atom stereocenters. The largest absolute Gasteiger partial charge is 0.457 e. The van der Waals surface area contributed by atoms with Crippen molar-refractivity contribution in [3.8, 4) is 11.5 Å². The van der Waals surface area contributed by atoms with Gasteiger partial charge in [0, 0.05) is 15.9 Å². The van der Waals surface area contributed by atoms with Crippen LogP contribution < -0.4 is 4.74 Å². The van der Waals surface area contributed by atoms with Gasteiger partial charge in [-0.2, -0.15) is 0 Å². The molecule has 2 nitrogen and oxygen atoms in total. The summed E-state index contributed by atoms with van der Waals surface area (Å²) in [6.45, 7) is 0. The molecule has 0 bridgehead atoms. The Morgan fingerprint density at radius 2 is 1.48 bits per heavy atom. The van der Waals surface area contributed by atoms with Crippen molar-refractivity contribution in [2.45, 2.75) is 0 Å². The van der Waals surface area contributed by atoms with Gasteiger partial charge in [0.05, 0.1) is 0 Å². The Kier molecular flexibility index (Phi) is 5.96. The Labute approximate surface area is 133 Å². The summed E-state index contributed by atoms with van der Waals surface area (Å²) in [5.41, 5.74) is 0.663. The Morgan fingerprint density at radius 3 is 2.05 bits per heavy atom. The van der Waals surface area contributed by atoms with Gasteiger partial charge in [-0.05, 0) is 48.9 Å². The molecule has 0 amide bonds. The molecule has 0 N–H and O–H groups in total. The first kappa shape index (κ1) is 15.7. The van der Waals surface area contributed by atoms with E-state index in [-0.39, 0.29) is 5.78 Å². The number of hydrogen-bond acceptors (Lipinski definition) is 4. The lowest BCUT2D eigenvalue weighted by Crippen LogP contribution is -1.95. The van der Waals surface area contributed by atoms with Gasteiger partial charge in [-0.3, -0.25) is 4.79 Å². The van der Waals surface area contributed by atoms with Crippen LogP contribution >= 0.6 is 23.5 Å². The van der Waals surface area contributed by atoms with E-state index >= 15 is 0 Å². The summed E-state index contributed by atoms with van der Waals surface area (Å²) in [5.74, 6) is 1.51. The summed E-state index contributed by atoms with van der Waals surface area (Å²) in [5, 5.41) is 0. The smallest absolute Gasteiger partial charge is 0.187 e. The van der Waals surface area contributed by atoms with E-state index in [0.717, 1.165) is 15.7 Å². The van der Waals surface area contributed by atoms with E-state index in [4.69, 9.17) is 4.74 Å². The van der Waals surface area contributed by atoms with Crippen LogP contribution in [0.5, 0.6) is 11.5 Å². The Morgan fingerprint density at radius 1 is 0.905 bits per heavy atom. The van der Waals surface area contributed by atoms with E-state index in [1.54, 1.807) is 41.7 Å². The Bertz CT molecular complexity index is 613. The van der Waals surface area contributed by atoms with Crippen LogP contribution in [-0.4, -0.2) is 18.3 Å². The molecule has 0 saturated heterocycles. The Balaban J connectivity index is 2.08. The van der Waals surface area contributed by atoms with Crippen LogP contribution in [0, 0.1) is 0 Å². The third-order valence-corrected chi connectivity index (χ3v) is 4.81. The second-order valence-corrected chi connectivity index (χ2v) is 6.13. The molecule has 0 atom stereocenters. The van der Waals surface area contributed by atoms with Crippen LogP contribution in [0.3, 0.4) is 0 Å². The van der Waals surface area contributed by atoms with E-state index < -0.39 is 0 Å². The summed E-state index contributed by atoms with van der Waals surface area (Å²) in [6.07, 6.45) is 5.60. The molecular weight excluding hydrogens is 300 g/mol. The van der Waals surface area contributed by atoms with Gasteiger partial charge in [-0.25, -0.2) is 0 Å². The first-order valence-electron chi connectivity index (χ1n) is 6.40. The van der Waals surface area contributed by atoms with Crippen LogP contribution in [0.25, 0.3) is 0 Å². The van der Waals surface area contributed by atoms with Gasteiger partial charge in [0.15, 0.2) is 5.78 Å². The van der Waals surface area contributed by atoms with E-state index in [9.17, 15) is 4.79 Å². The zero-order chi connectivity index (χ0) is 15.1. The fourth-order valence-corrected chi connectivity index (χ4v) is 2.82. The number of carbonyl (C=O) groups is 1. The summed E-state index contributed by atoms with van der Waals surface area (Å²) in [7, 11) is 0. The molecule has 0 saturated carbocycles. The molecule has 0 aliphatic heterocycles. The molecule has 0 fully saturated rings. The molecule has 0 aromatic heterocycles. The third kappa shape index (κ3) is 4.69. The summed E-state index contributed by atoms with van der Waals surface area (Å²) < 4.78 is 6.71. The standard InChI is InChI=1S/C17H16O2S2/c1-20-17(21-2)12-16(18)13-8-10-15(11-9-13)19-14-6-4-3-5-7-14/h3-12H,1-2H3. The van der Waals surface area contributed by atoms with E-state index in [1.165, 1.54) is 0 Å². The zero-order valence-corrected chi connectivity index (χ0v) is 13.5. The molecule has 4 heteroatoms. The molecule has 0 spiro atoms. The number of ketones is 1. The number of carbonyl (C=O) groups excluding carboxylic acids is 1. The van der Waals surface area contributed by atoms with Crippen molar-refractivity contribution in [1.29, 1.82) is 0 Å². The highest BCUT2D eigenvalue weighted by molar-refractivity contribution is 8.21. The Hall–Kier alpha value is -1.65. The number of hydrogen-bond donors (Lipinski definition) is 0. The summed E-state index contributed by atoms with van der Waals surface area (Å²) >= 11 is 3.15. The number of para-hydroxylation sites is 1. The van der Waals surface area contributed by atoms with Crippen molar-refractivity contribution in [3.05, 3.63) is 70.5 Å². The minimum absolute atomic E-state index is 0.0139. The molecule has 2 aromatic carbocycles. The number of rotatable bonds is 6. The lowest BCUT2D eigenvalue weighted by atomic mass is 10.1. The molecule has 0 aliphatic rings. The lowest BCUT2D eigenvalue weighted by molar-refractivity contribution is 0.104. The molecule has 2 rings (SSSR count). The van der Waals surface area contributed by atoms with Gasteiger partial charge in [-0.15, -0.1) is 23.5 Å². The SMILES string of the molecule is CSC(=CC(=O)c1ccc(Oc2ccccc2)cc1)SC. The van der Waals surface area contributed by atoms with Crippen molar-refractivity contribution >= 4 is 29.3 Å². The van der Waals surface area contributed by atoms with Crippen molar-refractivity contribution < 1.29 is 9.53 Å². The van der Waals surface area contributed by atoms with Crippen LogP contribution in [-0.2, 0) is 0 Å². The average Bonchev–Trinajstić information content (AvgIpc) is 2.54. The summed E-state index contributed by atoms with van der Waals surface area (Å²) in [4.78, 5) is 12.1. The fraction of sp³-hybridized carbons (Fsp3) is 0.118. The van der Waals surface area contributed by atoms with E-state index in [0.29, 0.717) is 5.56 Å². The van der Waals surface area contributed by atoms with Gasteiger partial charge in [-0.1, -0.05) is 18.2 Å². The predicted molar refractivity (Wildman–Crippen MR) is 92.4 cm³/mol. The minimum Gasteiger partial charge on any atom is -0.457 e. The normalized spacial score (nSPS) is 10.0. The molecule has 0 aliphatic carbocycles. The van der Waals surface area contributed by atoms with E-state index in [2.05, 4.69) is 0 Å². The van der Waals surface area contributed by atoms with Crippen LogP contribution in [0.2, 0.25) is 0 Å². The van der Waals surface area contributed by atoms with Crippen LogP contribution in [0.15, 0.2) is 64.9 Å². The van der Waals surface area contributed by atoms with Crippen LogP contribution in [0.4, 0.5) is 0 Å². The molecule has 0 radical (unpaired) electrons. The zero-order valence-electron chi connectivity index (χ0n) is 11.9. The van der Waals surface area contributed by atoms with Crippen molar-refractivity contribution in [2.24, 2.45) is 0 Å². The molecule has 2 aromatic rings. The van der Waals surface area contributed by atoms with Crippen molar-refractivity contribution in [2.75, 3.05) is 12.5 Å². The van der Waals surface area contributed by atoms with Crippen molar-refractivity contribution in [1.82, 2.24) is 0 Å². The highest BCUT2D eigenvalue weighted by Gasteiger charge is 2.05. The first-order valence-corrected chi connectivity index (χ1v) is 8.85. The predicted octanol–water partition coefficient (Wildman–Crippen LogP) is 5.23. The minimum atomic E-state index is 0.0139. The van der Waals surface area contributed by atoms with Gasteiger partial charge < -0.3 is 4.74 Å². The third-order valence-electron chi connectivity index (χ3n) is 2.77. The topological polar surface area (TPSA) is 26.3 Å². The molecule has 21 heavy (non-hydrogen) atoms. The number of allylic oxidation sites excluding steroid dienone is 1. The second kappa shape index (κ2) is 7.96. The quantitative estimate of drug-likeness (QED) is 0.538. The van der Waals surface area contributed by atoms with Crippen molar-refractivity contribution in [3.63, 3.8) is 0 Å². The van der Waals surface area contributed by atoms with Gasteiger partial charge in [0.25, 0.3) is 0 Å². The van der Waals surface area contributed by atoms with Gasteiger partial charge in [0.1, 0.15) is 11.5 Å². The lowest BCUT2D eigenvalue weighted by Gasteiger charge is -2.06. The molecular formula is C17H16O2S2. The highest BCUT2D eigenvalue weighted by atomic mass is 32.2. The second-order valence-electron chi connectivity index (χ2n) is 4.18. The maximum Gasteiger partial charge on any atom is 0.187 e. The maximum absolute atomic E-state index is 12.1. The molecule has 0 heterocycles. The first-order chi connectivity index (χ1) is 10.2. The number of ether oxygens (including phenoxy) is 1. The fourth-order valence-electron chi connectivity index (χ4n) is 1.70.